The third-order valence-electron chi connectivity index (χ3n) is 3.97. The third kappa shape index (κ3) is 3.45. The van der Waals surface area contributed by atoms with Crippen LogP contribution >= 0.6 is 0 Å². The molecule has 0 bridgehead atoms. The molecular formula is C18H15NO6. The molecular weight excluding hydrogens is 326 g/mol. The Labute approximate surface area is 142 Å². The molecule has 3 rings (SSSR count). The maximum atomic E-state index is 12.5. The average molecular weight is 341 g/mol. The van der Waals surface area contributed by atoms with Gasteiger partial charge in [-0.1, -0.05) is 30.3 Å². The van der Waals surface area contributed by atoms with Crippen LogP contribution < -0.4 is 5.32 Å². The molecule has 1 saturated heterocycles. The summed E-state index contributed by atoms with van der Waals surface area (Å²) in [7, 11) is 0. The molecule has 2 aromatic rings. The monoisotopic (exact) mass is 341 g/mol. The smallest absolute Gasteiger partial charge is 0.339 e. The second kappa shape index (κ2) is 6.64. The summed E-state index contributed by atoms with van der Waals surface area (Å²) >= 11 is 0. The van der Waals surface area contributed by atoms with Crippen LogP contribution in [0.1, 0.15) is 28.4 Å². The van der Waals surface area contributed by atoms with E-state index in [0.29, 0.717) is 0 Å². The molecule has 7 nitrogen and oxygen atoms in total. The van der Waals surface area contributed by atoms with Crippen LogP contribution in [0.15, 0.2) is 48.5 Å². The predicted octanol–water partition coefficient (Wildman–Crippen LogP) is 2.33. The number of carbonyl (C=O) groups is 3. The molecule has 0 aliphatic carbocycles. The minimum Gasteiger partial charge on any atom is -0.507 e. The van der Waals surface area contributed by atoms with Gasteiger partial charge in [-0.15, -0.1) is 0 Å². The first kappa shape index (κ1) is 16.5. The van der Waals surface area contributed by atoms with Crippen LogP contribution in [0, 0.1) is 5.92 Å². The number of anilines is 1. The molecule has 0 unspecified atom stereocenters. The quantitative estimate of drug-likeness (QED) is 0.736. The van der Waals surface area contributed by atoms with Crippen molar-refractivity contribution in [1.29, 1.82) is 0 Å². The molecule has 2 aromatic carbocycles. The van der Waals surface area contributed by atoms with Crippen molar-refractivity contribution in [3.63, 3.8) is 0 Å². The highest BCUT2D eigenvalue weighted by Crippen LogP contribution is 2.36. The number of carbonyl (C=O) groups excluding carboxylic acids is 2. The summed E-state index contributed by atoms with van der Waals surface area (Å²) < 4.78 is 5.27. The predicted molar refractivity (Wildman–Crippen MR) is 87.1 cm³/mol. The van der Waals surface area contributed by atoms with E-state index in [2.05, 4.69) is 5.32 Å². The summed E-state index contributed by atoms with van der Waals surface area (Å²) in [4.78, 5) is 35.1. The first-order valence-electron chi connectivity index (χ1n) is 7.57. The van der Waals surface area contributed by atoms with Crippen molar-refractivity contribution in [2.45, 2.75) is 12.5 Å². The molecule has 0 radical (unpaired) electrons. The number of cyclic esters (lactones) is 1. The van der Waals surface area contributed by atoms with Crippen molar-refractivity contribution in [2.24, 2.45) is 5.92 Å². The Morgan fingerprint density at radius 3 is 2.48 bits per heavy atom. The lowest BCUT2D eigenvalue weighted by atomic mass is 9.94. The van der Waals surface area contributed by atoms with Crippen LogP contribution in [0.25, 0.3) is 0 Å². The number of amides is 1. The lowest BCUT2D eigenvalue weighted by Crippen LogP contribution is -2.25. The van der Waals surface area contributed by atoms with Crippen molar-refractivity contribution in [2.75, 3.05) is 5.32 Å². The summed E-state index contributed by atoms with van der Waals surface area (Å²) in [5.74, 6) is -3.34. The van der Waals surface area contributed by atoms with Crippen LogP contribution in [0.3, 0.4) is 0 Å². The van der Waals surface area contributed by atoms with Gasteiger partial charge in [-0.3, -0.25) is 9.59 Å². The highest BCUT2D eigenvalue weighted by atomic mass is 16.6. The Morgan fingerprint density at radius 1 is 1.12 bits per heavy atom. The fourth-order valence-corrected chi connectivity index (χ4v) is 2.76. The Morgan fingerprint density at radius 2 is 1.84 bits per heavy atom. The molecule has 25 heavy (non-hydrogen) atoms. The van der Waals surface area contributed by atoms with E-state index in [4.69, 9.17) is 9.84 Å². The lowest BCUT2D eigenvalue weighted by Gasteiger charge is -2.17. The number of rotatable bonds is 4. The van der Waals surface area contributed by atoms with E-state index in [9.17, 15) is 19.5 Å². The fraction of sp³-hybridized carbons (Fsp3) is 0.167. The summed E-state index contributed by atoms with van der Waals surface area (Å²) in [6, 6.07) is 12.7. The van der Waals surface area contributed by atoms with Crippen LogP contribution in [0.5, 0.6) is 5.75 Å². The molecule has 7 heteroatoms. The first-order chi connectivity index (χ1) is 12.0. The van der Waals surface area contributed by atoms with Crippen molar-refractivity contribution in [3.05, 3.63) is 59.7 Å². The topological polar surface area (TPSA) is 113 Å². The van der Waals surface area contributed by atoms with E-state index in [1.54, 1.807) is 24.3 Å². The normalized spacial score (nSPS) is 19.3. The number of hydrogen-bond acceptors (Lipinski definition) is 5. The molecule has 0 saturated carbocycles. The van der Waals surface area contributed by atoms with Gasteiger partial charge in [0.05, 0.1) is 12.3 Å². The Kier molecular flexibility index (Phi) is 4.38. The van der Waals surface area contributed by atoms with Gasteiger partial charge in [-0.05, 0) is 17.7 Å². The molecule has 1 fully saturated rings. The molecule has 1 amide bonds. The third-order valence-corrected chi connectivity index (χ3v) is 3.97. The molecule has 128 valence electrons. The van der Waals surface area contributed by atoms with Gasteiger partial charge in [0.15, 0.2) is 0 Å². The van der Waals surface area contributed by atoms with E-state index in [1.165, 1.54) is 12.1 Å². The summed E-state index contributed by atoms with van der Waals surface area (Å²) in [5.41, 5.74) is 0.691. The van der Waals surface area contributed by atoms with Crippen molar-refractivity contribution in [1.82, 2.24) is 0 Å². The zero-order chi connectivity index (χ0) is 18.0. The van der Waals surface area contributed by atoms with Crippen molar-refractivity contribution < 1.29 is 29.3 Å². The molecule has 0 spiro atoms. The van der Waals surface area contributed by atoms with E-state index in [0.717, 1.165) is 11.6 Å². The van der Waals surface area contributed by atoms with E-state index < -0.39 is 35.6 Å². The molecule has 1 aliphatic heterocycles. The Hall–Kier alpha value is -3.35. The van der Waals surface area contributed by atoms with E-state index in [-0.39, 0.29) is 17.7 Å². The minimum atomic E-state index is -1.27. The van der Waals surface area contributed by atoms with Crippen molar-refractivity contribution >= 4 is 23.5 Å². The second-order valence-electron chi connectivity index (χ2n) is 5.66. The highest BCUT2D eigenvalue weighted by Gasteiger charge is 2.40. The van der Waals surface area contributed by atoms with Crippen LogP contribution in [-0.2, 0) is 14.3 Å². The molecule has 3 N–H and O–H groups in total. The maximum absolute atomic E-state index is 12.5. The highest BCUT2D eigenvalue weighted by molar-refractivity contribution is 5.97. The molecule has 1 heterocycles. The molecule has 0 aromatic heterocycles. The first-order valence-corrected chi connectivity index (χ1v) is 7.57. The number of esters is 1. The van der Waals surface area contributed by atoms with Gasteiger partial charge in [0.2, 0.25) is 5.91 Å². The summed E-state index contributed by atoms with van der Waals surface area (Å²) in [5, 5.41) is 21.2. The standard InChI is InChI=1S/C18H15NO6/c20-14-8-11(6-7-12(14)18(23)24)19-17(22)13-9-15(21)25-16(13)10-4-2-1-3-5-10/h1-8,13,16,20H,9H2,(H,19,22)(H,23,24)/t13-,16-/m1/s1. The number of ether oxygens (including phenoxy) is 1. The number of nitrogens with one attached hydrogen (secondary N) is 1. The molecule has 2 atom stereocenters. The Balaban J connectivity index is 1.79. The van der Waals surface area contributed by atoms with Gasteiger partial charge >= 0.3 is 11.9 Å². The SMILES string of the molecule is O=C1C[C@@H](C(=O)Nc2ccc(C(=O)O)c(O)c2)[C@@H](c2ccccc2)O1. The molecule has 1 aliphatic rings. The lowest BCUT2D eigenvalue weighted by molar-refractivity contribution is -0.141. The fourth-order valence-electron chi connectivity index (χ4n) is 2.76. The van der Waals surface area contributed by atoms with Gasteiger partial charge in [0.1, 0.15) is 17.4 Å². The maximum Gasteiger partial charge on any atom is 0.339 e. The van der Waals surface area contributed by atoms with Gasteiger partial charge in [-0.25, -0.2) is 4.79 Å². The van der Waals surface area contributed by atoms with Gasteiger partial charge in [0, 0.05) is 11.8 Å². The van der Waals surface area contributed by atoms with E-state index >= 15 is 0 Å². The summed E-state index contributed by atoms with van der Waals surface area (Å²) in [6.07, 6.45) is -0.731. The van der Waals surface area contributed by atoms with Crippen LogP contribution in [-0.4, -0.2) is 28.1 Å². The van der Waals surface area contributed by atoms with Gasteiger partial charge < -0.3 is 20.3 Å². The van der Waals surface area contributed by atoms with Crippen LogP contribution in [0.2, 0.25) is 0 Å². The largest absolute Gasteiger partial charge is 0.507 e. The number of phenols is 1. The number of benzene rings is 2. The van der Waals surface area contributed by atoms with Gasteiger partial charge in [0.25, 0.3) is 0 Å². The van der Waals surface area contributed by atoms with Crippen molar-refractivity contribution in [3.8, 4) is 5.75 Å². The Bertz CT molecular complexity index is 833. The average Bonchev–Trinajstić information content (AvgIpc) is 2.97. The number of carboxylic acid groups (broad SMARTS) is 1. The second-order valence-corrected chi connectivity index (χ2v) is 5.66. The summed E-state index contributed by atoms with van der Waals surface area (Å²) in [6.45, 7) is 0. The zero-order valence-corrected chi connectivity index (χ0v) is 13.0. The minimum absolute atomic E-state index is 0.0510. The number of carboxylic acids is 1. The van der Waals surface area contributed by atoms with Crippen LogP contribution in [0.4, 0.5) is 5.69 Å². The number of aromatic carboxylic acids is 1. The number of hydrogen-bond donors (Lipinski definition) is 3. The zero-order valence-electron chi connectivity index (χ0n) is 13.0. The number of aromatic hydroxyl groups is 1. The van der Waals surface area contributed by atoms with Gasteiger partial charge in [-0.2, -0.15) is 0 Å². The van der Waals surface area contributed by atoms with E-state index in [1.807, 2.05) is 6.07 Å².